The van der Waals surface area contributed by atoms with E-state index < -0.39 is 23.5 Å². The summed E-state index contributed by atoms with van der Waals surface area (Å²) in [4.78, 5) is 24.2. The number of hydrogen-bond donors (Lipinski definition) is 1. The molecule has 2 aromatic rings. The summed E-state index contributed by atoms with van der Waals surface area (Å²) in [6.45, 7) is 0. The van der Waals surface area contributed by atoms with Gasteiger partial charge in [0.15, 0.2) is 11.5 Å². The Kier molecular flexibility index (Phi) is 5.53. The normalized spacial score (nSPS) is 10.1. The Morgan fingerprint density at radius 1 is 0.880 bits per heavy atom. The maximum atomic E-state index is 13.3. The SMILES string of the molecule is COC(=O)c1cc(OC)c(OC)cc1NC(=O)c1cc(F)cc(F)c1. The molecule has 0 spiro atoms. The summed E-state index contributed by atoms with van der Waals surface area (Å²) >= 11 is 0. The van der Waals surface area contributed by atoms with Crippen molar-refractivity contribution in [2.45, 2.75) is 0 Å². The first kappa shape index (κ1) is 18.2. The van der Waals surface area contributed by atoms with E-state index >= 15 is 0 Å². The Morgan fingerprint density at radius 3 is 1.96 bits per heavy atom. The molecule has 0 atom stereocenters. The van der Waals surface area contributed by atoms with Crippen LogP contribution >= 0.6 is 0 Å². The maximum absolute atomic E-state index is 13.3. The highest BCUT2D eigenvalue weighted by molar-refractivity contribution is 6.08. The second-order valence-corrected chi connectivity index (χ2v) is 4.86. The number of esters is 1. The van der Waals surface area contributed by atoms with Gasteiger partial charge in [0, 0.05) is 23.8 Å². The zero-order valence-electron chi connectivity index (χ0n) is 13.7. The topological polar surface area (TPSA) is 73.9 Å². The smallest absolute Gasteiger partial charge is 0.340 e. The third-order valence-electron chi connectivity index (χ3n) is 3.30. The molecule has 0 bridgehead atoms. The number of carbonyl (C=O) groups is 2. The molecule has 1 N–H and O–H groups in total. The number of anilines is 1. The highest BCUT2D eigenvalue weighted by Gasteiger charge is 2.20. The van der Waals surface area contributed by atoms with Gasteiger partial charge in [0.05, 0.1) is 32.6 Å². The number of rotatable bonds is 5. The van der Waals surface area contributed by atoms with E-state index in [2.05, 4.69) is 10.1 Å². The summed E-state index contributed by atoms with van der Waals surface area (Å²) in [5, 5.41) is 2.41. The molecule has 0 aromatic heterocycles. The standard InChI is InChI=1S/C17H15F2NO5/c1-23-14-7-12(17(22)25-3)13(8-15(14)24-2)20-16(21)9-4-10(18)6-11(19)5-9/h4-8H,1-3H3,(H,20,21). The van der Waals surface area contributed by atoms with Gasteiger partial charge in [0.25, 0.3) is 5.91 Å². The molecular formula is C17H15F2NO5. The summed E-state index contributed by atoms with van der Waals surface area (Å²) in [6, 6.07) is 5.06. The van der Waals surface area contributed by atoms with Crippen LogP contribution in [0.15, 0.2) is 30.3 Å². The lowest BCUT2D eigenvalue weighted by atomic mass is 10.1. The molecule has 6 nitrogen and oxygen atoms in total. The van der Waals surface area contributed by atoms with E-state index in [1.807, 2.05) is 0 Å². The Bertz CT molecular complexity index is 803. The van der Waals surface area contributed by atoms with Crippen LogP contribution in [0.3, 0.4) is 0 Å². The van der Waals surface area contributed by atoms with Crippen molar-refractivity contribution in [3.63, 3.8) is 0 Å². The lowest BCUT2D eigenvalue weighted by Crippen LogP contribution is -2.16. The molecule has 2 aromatic carbocycles. The molecule has 1 amide bonds. The van der Waals surface area contributed by atoms with Gasteiger partial charge in [-0.25, -0.2) is 13.6 Å². The van der Waals surface area contributed by atoms with Crippen LogP contribution in [0.25, 0.3) is 0 Å². The van der Waals surface area contributed by atoms with Gasteiger partial charge < -0.3 is 19.5 Å². The summed E-state index contributed by atoms with van der Waals surface area (Å²) in [5.74, 6) is -2.85. The molecule has 0 heterocycles. The first-order valence-electron chi connectivity index (χ1n) is 7.01. The number of halogens is 2. The van der Waals surface area contributed by atoms with Crippen LogP contribution in [0.2, 0.25) is 0 Å². The average Bonchev–Trinajstić information content (AvgIpc) is 2.59. The van der Waals surface area contributed by atoms with Crippen LogP contribution in [0, 0.1) is 11.6 Å². The zero-order valence-corrected chi connectivity index (χ0v) is 13.7. The van der Waals surface area contributed by atoms with Crippen LogP contribution in [0.5, 0.6) is 11.5 Å². The van der Waals surface area contributed by atoms with Crippen molar-refractivity contribution >= 4 is 17.6 Å². The van der Waals surface area contributed by atoms with Crippen molar-refractivity contribution in [1.82, 2.24) is 0 Å². The monoisotopic (exact) mass is 351 g/mol. The van der Waals surface area contributed by atoms with E-state index in [1.165, 1.54) is 33.5 Å². The lowest BCUT2D eigenvalue weighted by molar-refractivity contribution is 0.0601. The van der Waals surface area contributed by atoms with E-state index in [0.717, 1.165) is 12.1 Å². The minimum absolute atomic E-state index is 0.00891. The van der Waals surface area contributed by atoms with E-state index in [4.69, 9.17) is 9.47 Å². The number of ether oxygens (including phenoxy) is 3. The lowest BCUT2D eigenvalue weighted by Gasteiger charge is -2.14. The molecule has 0 aliphatic rings. The molecule has 0 radical (unpaired) electrons. The first-order chi connectivity index (χ1) is 11.9. The van der Waals surface area contributed by atoms with Crippen LogP contribution in [-0.2, 0) is 4.74 Å². The Labute approximate surface area is 142 Å². The van der Waals surface area contributed by atoms with Crippen molar-refractivity contribution in [3.05, 3.63) is 53.1 Å². The highest BCUT2D eigenvalue weighted by atomic mass is 19.1. The van der Waals surface area contributed by atoms with E-state index in [-0.39, 0.29) is 28.3 Å². The van der Waals surface area contributed by atoms with Crippen LogP contribution in [-0.4, -0.2) is 33.2 Å². The molecule has 0 saturated carbocycles. The molecule has 0 unspecified atom stereocenters. The molecule has 0 saturated heterocycles. The summed E-state index contributed by atoms with van der Waals surface area (Å²) < 4.78 is 41.4. The predicted molar refractivity (Wildman–Crippen MR) is 85.2 cm³/mol. The van der Waals surface area contributed by atoms with Gasteiger partial charge in [0.1, 0.15) is 11.6 Å². The summed E-state index contributed by atoms with van der Waals surface area (Å²) in [7, 11) is 3.93. The number of benzene rings is 2. The Hall–Kier alpha value is -3.16. The van der Waals surface area contributed by atoms with Crippen molar-refractivity contribution in [2.75, 3.05) is 26.6 Å². The quantitative estimate of drug-likeness (QED) is 0.838. The molecule has 0 fully saturated rings. The molecule has 132 valence electrons. The summed E-state index contributed by atoms with van der Waals surface area (Å²) in [6.07, 6.45) is 0. The van der Waals surface area contributed by atoms with E-state index in [1.54, 1.807) is 0 Å². The molecule has 8 heteroatoms. The largest absolute Gasteiger partial charge is 0.493 e. The van der Waals surface area contributed by atoms with Gasteiger partial charge in [-0.05, 0) is 12.1 Å². The fourth-order valence-electron chi connectivity index (χ4n) is 2.14. The minimum atomic E-state index is -0.898. The molecule has 2 rings (SSSR count). The number of hydrogen-bond acceptors (Lipinski definition) is 5. The fourth-order valence-corrected chi connectivity index (χ4v) is 2.14. The number of nitrogens with one attached hydrogen (secondary N) is 1. The molecule has 25 heavy (non-hydrogen) atoms. The van der Waals surface area contributed by atoms with Gasteiger partial charge in [0.2, 0.25) is 0 Å². The van der Waals surface area contributed by atoms with Gasteiger partial charge in [-0.3, -0.25) is 4.79 Å². The molecule has 0 aliphatic carbocycles. The fraction of sp³-hybridized carbons (Fsp3) is 0.176. The number of amides is 1. The Morgan fingerprint density at radius 2 is 1.44 bits per heavy atom. The van der Waals surface area contributed by atoms with Crippen molar-refractivity contribution in [1.29, 1.82) is 0 Å². The second kappa shape index (κ2) is 7.61. The third-order valence-corrected chi connectivity index (χ3v) is 3.30. The number of methoxy groups -OCH3 is 3. The van der Waals surface area contributed by atoms with Crippen molar-refractivity contribution in [2.24, 2.45) is 0 Å². The zero-order chi connectivity index (χ0) is 18.6. The average molecular weight is 351 g/mol. The molecular weight excluding hydrogens is 336 g/mol. The van der Waals surface area contributed by atoms with Crippen LogP contribution in [0.4, 0.5) is 14.5 Å². The number of carbonyl (C=O) groups excluding carboxylic acids is 2. The van der Waals surface area contributed by atoms with Crippen molar-refractivity contribution in [3.8, 4) is 11.5 Å². The first-order valence-corrected chi connectivity index (χ1v) is 7.01. The predicted octanol–water partition coefficient (Wildman–Crippen LogP) is 3.02. The Balaban J connectivity index is 2.46. The minimum Gasteiger partial charge on any atom is -0.493 e. The van der Waals surface area contributed by atoms with Gasteiger partial charge in [-0.15, -0.1) is 0 Å². The highest BCUT2D eigenvalue weighted by Crippen LogP contribution is 2.34. The van der Waals surface area contributed by atoms with Crippen LogP contribution < -0.4 is 14.8 Å². The van der Waals surface area contributed by atoms with Gasteiger partial charge >= 0.3 is 5.97 Å². The summed E-state index contributed by atoms with van der Waals surface area (Å²) in [5.41, 5.74) is -0.215. The van der Waals surface area contributed by atoms with E-state index in [9.17, 15) is 18.4 Å². The van der Waals surface area contributed by atoms with Gasteiger partial charge in [-0.1, -0.05) is 0 Å². The van der Waals surface area contributed by atoms with E-state index in [0.29, 0.717) is 6.07 Å². The molecule has 0 aliphatic heterocycles. The van der Waals surface area contributed by atoms with Crippen LogP contribution in [0.1, 0.15) is 20.7 Å². The van der Waals surface area contributed by atoms with Gasteiger partial charge in [-0.2, -0.15) is 0 Å². The second-order valence-electron chi connectivity index (χ2n) is 4.86. The van der Waals surface area contributed by atoms with Crippen molar-refractivity contribution < 1.29 is 32.6 Å². The third kappa shape index (κ3) is 4.03. The maximum Gasteiger partial charge on any atom is 0.340 e.